The van der Waals surface area contributed by atoms with Crippen LogP contribution in [0.25, 0.3) is 0 Å². The molecule has 2 rings (SSSR count). The first-order chi connectivity index (χ1) is 10.1. The van der Waals surface area contributed by atoms with Crippen molar-refractivity contribution in [2.45, 2.75) is 26.5 Å². The van der Waals surface area contributed by atoms with E-state index in [1.54, 1.807) is 6.92 Å². The molecule has 2 aromatic rings. The highest BCUT2D eigenvalue weighted by Gasteiger charge is 2.18. The third kappa shape index (κ3) is 3.88. The van der Waals surface area contributed by atoms with Gasteiger partial charge in [0.25, 0.3) is 0 Å². The number of nitrogens with two attached hydrogens (primary N) is 1. The van der Waals surface area contributed by atoms with Crippen LogP contribution in [0.1, 0.15) is 28.2 Å². The average Bonchev–Trinajstić information content (AvgIpc) is 2.85. The molecule has 0 saturated heterocycles. The lowest BCUT2D eigenvalue weighted by atomic mass is 10.2. The van der Waals surface area contributed by atoms with Gasteiger partial charge in [0.15, 0.2) is 5.69 Å². The maximum Gasteiger partial charge on any atom is 0.361 e. The number of amides is 1. The molecule has 1 heterocycles. The molecule has 0 unspecified atom stereocenters. The van der Waals surface area contributed by atoms with Crippen LogP contribution in [0, 0.1) is 6.92 Å². The van der Waals surface area contributed by atoms with Crippen LogP contribution in [-0.4, -0.2) is 26.9 Å². The zero-order valence-electron chi connectivity index (χ0n) is 11.7. The Balaban J connectivity index is 1.98. The maximum absolute atomic E-state index is 12.0. The van der Waals surface area contributed by atoms with Crippen molar-refractivity contribution in [3.63, 3.8) is 0 Å². The number of carbonyl (C=O) groups is 2. The van der Waals surface area contributed by atoms with Crippen LogP contribution in [0.4, 0.5) is 0 Å². The zero-order valence-corrected chi connectivity index (χ0v) is 11.7. The van der Waals surface area contributed by atoms with E-state index in [-0.39, 0.29) is 18.7 Å². The number of nitrogens with zero attached hydrogens (tertiary/aromatic N) is 3. The number of aromatic nitrogens is 3. The van der Waals surface area contributed by atoms with E-state index < -0.39 is 11.9 Å². The van der Waals surface area contributed by atoms with E-state index in [4.69, 9.17) is 10.5 Å². The average molecular weight is 288 g/mol. The van der Waals surface area contributed by atoms with E-state index in [0.717, 1.165) is 5.56 Å². The second kappa shape index (κ2) is 6.65. The van der Waals surface area contributed by atoms with Crippen LogP contribution in [0.5, 0.6) is 0 Å². The number of hydrogen-bond donors (Lipinski definition) is 1. The molecular weight excluding hydrogens is 272 g/mol. The van der Waals surface area contributed by atoms with E-state index in [9.17, 15) is 9.59 Å². The van der Waals surface area contributed by atoms with E-state index >= 15 is 0 Å². The Labute approximate surface area is 121 Å². The second-order valence-corrected chi connectivity index (χ2v) is 4.52. The van der Waals surface area contributed by atoms with Gasteiger partial charge in [-0.1, -0.05) is 35.5 Å². The number of ether oxygens (including phenoxy) is 1. The number of primary amides is 1. The van der Waals surface area contributed by atoms with Crippen molar-refractivity contribution in [3.05, 3.63) is 47.3 Å². The molecule has 7 heteroatoms. The summed E-state index contributed by atoms with van der Waals surface area (Å²) in [6.07, 6.45) is 0.142. The molecule has 1 amide bonds. The van der Waals surface area contributed by atoms with Gasteiger partial charge in [0.05, 0.1) is 12.2 Å². The SMILES string of the molecule is Cc1c(C(=O)OCc2ccccc2)nnn1CCC(N)=O. The lowest BCUT2D eigenvalue weighted by Gasteiger charge is -2.04. The van der Waals surface area contributed by atoms with Crippen molar-refractivity contribution in [2.75, 3.05) is 0 Å². The summed E-state index contributed by atoms with van der Waals surface area (Å²) in [4.78, 5) is 22.7. The summed E-state index contributed by atoms with van der Waals surface area (Å²) in [5, 5.41) is 7.61. The van der Waals surface area contributed by atoms with E-state index in [1.807, 2.05) is 30.3 Å². The molecule has 0 aliphatic heterocycles. The molecule has 21 heavy (non-hydrogen) atoms. The second-order valence-electron chi connectivity index (χ2n) is 4.52. The highest BCUT2D eigenvalue weighted by molar-refractivity contribution is 5.88. The quantitative estimate of drug-likeness (QED) is 0.793. The van der Waals surface area contributed by atoms with Gasteiger partial charge in [-0.25, -0.2) is 9.48 Å². The van der Waals surface area contributed by atoms with E-state index in [1.165, 1.54) is 4.68 Å². The molecule has 0 spiro atoms. The van der Waals surface area contributed by atoms with Gasteiger partial charge >= 0.3 is 5.97 Å². The Hall–Kier alpha value is -2.70. The number of aryl methyl sites for hydroxylation is 1. The molecule has 0 bridgehead atoms. The molecule has 0 fully saturated rings. The topological polar surface area (TPSA) is 100 Å². The van der Waals surface area contributed by atoms with Gasteiger partial charge in [-0.3, -0.25) is 4.79 Å². The number of esters is 1. The summed E-state index contributed by atoms with van der Waals surface area (Å²) in [6.45, 7) is 2.16. The minimum atomic E-state index is -0.540. The lowest BCUT2D eigenvalue weighted by Crippen LogP contribution is -2.15. The Kier molecular flexibility index (Phi) is 4.65. The first-order valence-corrected chi connectivity index (χ1v) is 6.47. The van der Waals surface area contributed by atoms with Crippen molar-refractivity contribution in [1.29, 1.82) is 0 Å². The third-order valence-electron chi connectivity index (χ3n) is 2.96. The number of hydrogen-bond acceptors (Lipinski definition) is 5. The fourth-order valence-corrected chi connectivity index (χ4v) is 1.77. The molecule has 2 N–H and O–H groups in total. The number of rotatable bonds is 6. The predicted octanol–water partition coefficient (Wildman–Crippen LogP) is 0.819. The normalized spacial score (nSPS) is 10.3. The molecule has 7 nitrogen and oxygen atoms in total. The van der Waals surface area contributed by atoms with Crippen molar-refractivity contribution in [1.82, 2.24) is 15.0 Å². The van der Waals surface area contributed by atoms with Gasteiger partial charge in [0.1, 0.15) is 6.61 Å². The van der Waals surface area contributed by atoms with Gasteiger partial charge in [-0.2, -0.15) is 0 Å². The minimum Gasteiger partial charge on any atom is -0.456 e. The molecule has 0 aliphatic carbocycles. The van der Waals surface area contributed by atoms with Crippen molar-refractivity contribution in [2.24, 2.45) is 5.73 Å². The molecule has 1 aromatic carbocycles. The summed E-state index contributed by atoms with van der Waals surface area (Å²) in [5.74, 6) is -0.972. The van der Waals surface area contributed by atoms with Gasteiger partial charge in [-0.15, -0.1) is 5.10 Å². The highest BCUT2D eigenvalue weighted by atomic mass is 16.5. The van der Waals surface area contributed by atoms with Crippen LogP contribution in [-0.2, 0) is 22.7 Å². The van der Waals surface area contributed by atoms with Gasteiger partial charge in [0.2, 0.25) is 5.91 Å². The standard InChI is InChI=1S/C14H16N4O3/c1-10-13(16-17-18(10)8-7-12(15)19)14(20)21-9-11-5-3-2-4-6-11/h2-6H,7-9H2,1H3,(H2,15,19). The van der Waals surface area contributed by atoms with Crippen molar-refractivity contribution in [3.8, 4) is 0 Å². The maximum atomic E-state index is 12.0. The highest BCUT2D eigenvalue weighted by Crippen LogP contribution is 2.08. The molecule has 0 radical (unpaired) electrons. The summed E-state index contributed by atoms with van der Waals surface area (Å²) in [7, 11) is 0. The molecule has 0 atom stereocenters. The number of carbonyl (C=O) groups excluding carboxylic acids is 2. The lowest BCUT2D eigenvalue weighted by molar-refractivity contribution is -0.118. The zero-order chi connectivity index (χ0) is 15.2. The van der Waals surface area contributed by atoms with Crippen LogP contribution >= 0.6 is 0 Å². The Bertz CT molecular complexity index is 637. The van der Waals surface area contributed by atoms with Crippen molar-refractivity contribution < 1.29 is 14.3 Å². The van der Waals surface area contributed by atoms with E-state index in [2.05, 4.69) is 10.3 Å². The van der Waals surface area contributed by atoms with Crippen molar-refractivity contribution >= 4 is 11.9 Å². The Morgan fingerprint density at radius 3 is 2.67 bits per heavy atom. The molecule has 110 valence electrons. The summed E-state index contributed by atoms with van der Waals surface area (Å²) in [5.41, 5.74) is 6.67. The largest absolute Gasteiger partial charge is 0.456 e. The van der Waals surface area contributed by atoms with Gasteiger partial charge < -0.3 is 10.5 Å². The predicted molar refractivity (Wildman–Crippen MR) is 74.1 cm³/mol. The monoisotopic (exact) mass is 288 g/mol. The Morgan fingerprint density at radius 1 is 1.29 bits per heavy atom. The fraction of sp³-hybridized carbons (Fsp3) is 0.286. The summed E-state index contributed by atoms with van der Waals surface area (Å²) >= 11 is 0. The first-order valence-electron chi connectivity index (χ1n) is 6.47. The van der Waals surface area contributed by atoms with Crippen LogP contribution in [0.3, 0.4) is 0 Å². The fourth-order valence-electron chi connectivity index (χ4n) is 1.77. The van der Waals surface area contributed by atoms with Crippen LogP contribution in [0.15, 0.2) is 30.3 Å². The first kappa shape index (κ1) is 14.7. The van der Waals surface area contributed by atoms with Gasteiger partial charge in [0, 0.05) is 6.42 Å². The summed E-state index contributed by atoms with van der Waals surface area (Å²) in [6, 6.07) is 9.36. The van der Waals surface area contributed by atoms with Crippen LogP contribution in [0.2, 0.25) is 0 Å². The minimum absolute atomic E-state index is 0.142. The van der Waals surface area contributed by atoms with Gasteiger partial charge in [-0.05, 0) is 12.5 Å². The molecule has 0 aliphatic rings. The molecular formula is C14H16N4O3. The third-order valence-corrected chi connectivity index (χ3v) is 2.96. The molecule has 0 saturated carbocycles. The smallest absolute Gasteiger partial charge is 0.361 e. The van der Waals surface area contributed by atoms with E-state index in [0.29, 0.717) is 12.2 Å². The van der Waals surface area contributed by atoms with Crippen LogP contribution < -0.4 is 5.73 Å². The molecule has 1 aromatic heterocycles. The number of benzene rings is 1. The summed E-state index contributed by atoms with van der Waals surface area (Å²) < 4.78 is 6.65. The Morgan fingerprint density at radius 2 is 2.00 bits per heavy atom.